The number of hydrogen-bond acceptors (Lipinski definition) is 13. The fourth-order valence-electron chi connectivity index (χ4n) is 4.26. The normalized spacial score (nSPS) is 11.1. The number of nitriles is 2. The molecule has 12 nitrogen and oxygen atoms in total. The van der Waals surface area contributed by atoms with E-state index < -0.39 is 5.97 Å². The average Bonchev–Trinajstić information content (AvgIpc) is 3.42. The van der Waals surface area contributed by atoms with Crippen molar-refractivity contribution in [3.63, 3.8) is 0 Å². The van der Waals surface area contributed by atoms with Crippen LogP contribution in [0.25, 0.3) is 0 Å². The lowest BCUT2D eigenvalue weighted by molar-refractivity contribution is -0.139. The minimum atomic E-state index is -0.590. The predicted molar refractivity (Wildman–Crippen MR) is 181 cm³/mol. The number of esters is 1. The summed E-state index contributed by atoms with van der Waals surface area (Å²) in [6, 6.07) is 20.4. The van der Waals surface area contributed by atoms with Crippen LogP contribution >= 0.6 is 11.3 Å². The van der Waals surface area contributed by atoms with Crippen molar-refractivity contribution in [1.29, 1.82) is 10.5 Å². The lowest BCUT2D eigenvalue weighted by Gasteiger charge is -2.25. The van der Waals surface area contributed by atoms with Crippen molar-refractivity contribution in [2.24, 2.45) is 10.2 Å². The van der Waals surface area contributed by atoms with Crippen molar-refractivity contribution >= 4 is 40.0 Å². The summed E-state index contributed by atoms with van der Waals surface area (Å²) in [5.74, 6) is -0.590. The molecule has 0 aliphatic heterocycles. The van der Waals surface area contributed by atoms with Crippen molar-refractivity contribution in [1.82, 2.24) is 0 Å². The molecule has 3 aromatic rings. The minimum absolute atomic E-state index is 0.0991. The predicted octanol–water partition coefficient (Wildman–Crippen LogP) is 5.90. The number of carbonyl (C=O) groups excluding carboxylic acids is 2. The third-order valence-electron chi connectivity index (χ3n) is 6.76. The molecule has 1 heterocycles. The summed E-state index contributed by atoms with van der Waals surface area (Å²) < 4.78 is 27.1. The summed E-state index contributed by atoms with van der Waals surface area (Å²) in [5, 5.41) is 27.9. The summed E-state index contributed by atoms with van der Waals surface area (Å²) in [7, 11) is 0. The first-order chi connectivity index (χ1) is 23.5. The van der Waals surface area contributed by atoms with E-state index in [-0.39, 0.29) is 13.2 Å². The topological polar surface area (TPSA) is 156 Å². The van der Waals surface area contributed by atoms with Gasteiger partial charge in [-0.3, -0.25) is 4.79 Å². The lowest BCUT2D eigenvalue weighted by atomic mass is 10.1. The van der Waals surface area contributed by atoms with Gasteiger partial charge in [-0.05, 0) is 54.8 Å². The largest absolute Gasteiger partial charge is 0.460 e. The van der Waals surface area contributed by atoms with Gasteiger partial charge in [0, 0.05) is 24.9 Å². The van der Waals surface area contributed by atoms with Crippen LogP contribution in [0.15, 0.2) is 70.9 Å². The van der Waals surface area contributed by atoms with E-state index in [1.807, 2.05) is 37.3 Å². The average molecular weight is 674 g/mol. The Labute approximate surface area is 284 Å². The zero-order valence-electron chi connectivity index (χ0n) is 27.1. The Balaban J connectivity index is 1.39. The smallest absolute Gasteiger partial charge is 0.330 e. The molecule has 0 fully saturated rings. The van der Waals surface area contributed by atoms with Gasteiger partial charge in [0.2, 0.25) is 0 Å². The van der Waals surface area contributed by atoms with Crippen LogP contribution in [0, 0.1) is 36.5 Å². The first kappa shape index (κ1) is 37.7. The molecule has 0 aliphatic rings. The quantitative estimate of drug-likeness (QED) is 0.0414. The van der Waals surface area contributed by atoms with Gasteiger partial charge in [-0.25, -0.2) is 4.79 Å². The third-order valence-corrected chi connectivity index (χ3v) is 7.84. The fourth-order valence-corrected chi connectivity index (χ4v) is 5.14. The number of azo groups is 1. The lowest BCUT2D eigenvalue weighted by Crippen LogP contribution is -2.27. The molecule has 48 heavy (non-hydrogen) atoms. The summed E-state index contributed by atoms with van der Waals surface area (Å²) >= 11 is 1.16. The molecule has 0 spiro atoms. The van der Waals surface area contributed by atoms with Gasteiger partial charge < -0.3 is 28.6 Å². The molecule has 13 heteroatoms. The Morgan fingerprint density at radius 2 is 1.50 bits per heavy atom. The van der Waals surface area contributed by atoms with Gasteiger partial charge in [0.25, 0.3) is 0 Å². The van der Waals surface area contributed by atoms with Gasteiger partial charge in [-0.2, -0.15) is 10.5 Å². The number of allylic oxidation sites excluding steroid dienone is 1. The van der Waals surface area contributed by atoms with Crippen LogP contribution < -0.4 is 4.90 Å². The highest BCUT2D eigenvalue weighted by molar-refractivity contribution is 7.16. The Hall–Kier alpha value is -4.76. The third kappa shape index (κ3) is 13.2. The number of aldehydes is 1. The number of thiophene rings is 1. The first-order valence-electron chi connectivity index (χ1n) is 15.3. The van der Waals surface area contributed by atoms with Gasteiger partial charge in [0.05, 0.1) is 64.1 Å². The SMILES string of the molecule is Cc1cc(N(CCOCCOCCOCCOCCOC(=O)/C=C\C=O)Cc2ccccc2)ccc1/N=N/c1sc(C#N)c(C)c1C#N. The highest BCUT2D eigenvalue weighted by Gasteiger charge is 2.15. The van der Waals surface area contributed by atoms with E-state index in [2.05, 4.69) is 45.5 Å². The van der Waals surface area contributed by atoms with Crippen LogP contribution in [0.5, 0.6) is 0 Å². The summed E-state index contributed by atoms with van der Waals surface area (Å²) in [6.45, 7) is 8.38. The molecule has 3 rings (SSSR count). The molecular formula is C35H39N5O7S. The Morgan fingerprint density at radius 1 is 0.854 bits per heavy atom. The van der Waals surface area contributed by atoms with E-state index in [0.717, 1.165) is 34.7 Å². The van der Waals surface area contributed by atoms with Crippen LogP contribution in [-0.2, 0) is 39.8 Å². The molecule has 0 amide bonds. The molecule has 0 saturated carbocycles. The maximum atomic E-state index is 11.2. The first-order valence-corrected chi connectivity index (χ1v) is 16.1. The van der Waals surface area contributed by atoms with Crippen molar-refractivity contribution in [3.05, 3.63) is 87.8 Å². The van der Waals surface area contributed by atoms with Crippen LogP contribution in [-0.4, -0.2) is 78.3 Å². The molecule has 0 radical (unpaired) electrons. The number of hydrogen-bond donors (Lipinski definition) is 0. The molecule has 0 bridgehead atoms. The Morgan fingerprint density at radius 3 is 2.10 bits per heavy atom. The number of benzene rings is 2. The van der Waals surface area contributed by atoms with E-state index >= 15 is 0 Å². The number of rotatable bonds is 22. The number of anilines is 1. The maximum absolute atomic E-state index is 11.2. The van der Waals surface area contributed by atoms with Gasteiger partial charge in [0.1, 0.15) is 29.9 Å². The number of ether oxygens (including phenoxy) is 5. The standard InChI is InChI=1S/C35H39N5O7S/c1-27-23-30(10-11-32(27)38-39-35-31(24-36)28(2)33(25-37)48-35)40(26-29-7-4-3-5-8-29)12-14-43-15-16-44-17-18-45-19-20-46-21-22-47-34(42)9-6-13-41/h3-11,13,23H,12,14-22,26H2,1-2H3/b9-6-,39-38+. The van der Waals surface area contributed by atoms with Crippen molar-refractivity contribution in [2.45, 2.75) is 20.4 Å². The van der Waals surface area contributed by atoms with Gasteiger partial charge in [-0.1, -0.05) is 30.3 Å². The molecular weight excluding hydrogens is 634 g/mol. The molecule has 0 aliphatic carbocycles. The van der Waals surface area contributed by atoms with Crippen LogP contribution in [0.2, 0.25) is 0 Å². The summed E-state index contributed by atoms with van der Waals surface area (Å²) in [6.07, 6.45) is 2.63. The second-order valence-electron chi connectivity index (χ2n) is 10.2. The van der Waals surface area contributed by atoms with Crippen LogP contribution in [0.1, 0.15) is 27.1 Å². The van der Waals surface area contributed by atoms with E-state index in [1.165, 1.54) is 5.56 Å². The molecule has 0 atom stereocenters. The molecule has 0 saturated heterocycles. The van der Waals surface area contributed by atoms with E-state index in [9.17, 15) is 20.1 Å². The maximum Gasteiger partial charge on any atom is 0.330 e. The highest BCUT2D eigenvalue weighted by atomic mass is 32.1. The zero-order chi connectivity index (χ0) is 34.4. The number of carbonyl (C=O) groups is 2. The summed E-state index contributed by atoms with van der Waals surface area (Å²) in [4.78, 5) is 24.0. The zero-order valence-corrected chi connectivity index (χ0v) is 27.9. The second-order valence-corrected chi connectivity index (χ2v) is 11.1. The van der Waals surface area contributed by atoms with Gasteiger partial charge in [0.15, 0.2) is 5.00 Å². The Bertz CT molecular complexity index is 1590. The van der Waals surface area contributed by atoms with Gasteiger partial charge in [-0.15, -0.1) is 21.6 Å². The van der Waals surface area contributed by atoms with Crippen molar-refractivity contribution in [3.8, 4) is 12.1 Å². The van der Waals surface area contributed by atoms with Crippen molar-refractivity contribution in [2.75, 3.05) is 70.9 Å². The summed E-state index contributed by atoms with van der Waals surface area (Å²) in [5.41, 5.74) is 4.80. The van der Waals surface area contributed by atoms with Crippen LogP contribution in [0.4, 0.5) is 16.4 Å². The molecule has 0 unspecified atom stereocenters. The minimum Gasteiger partial charge on any atom is -0.460 e. The molecule has 2 aromatic carbocycles. The Kier molecular flexibility index (Phi) is 17.2. The van der Waals surface area contributed by atoms with E-state index in [0.29, 0.717) is 92.3 Å². The highest BCUT2D eigenvalue weighted by Crippen LogP contribution is 2.36. The monoisotopic (exact) mass is 673 g/mol. The van der Waals surface area contributed by atoms with Gasteiger partial charge >= 0.3 is 5.97 Å². The van der Waals surface area contributed by atoms with Crippen LogP contribution in [0.3, 0.4) is 0 Å². The van der Waals surface area contributed by atoms with E-state index in [4.69, 9.17) is 23.7 Å². The fraction of sp³-hybridized carbons (Fsp3) is 0.371. The number of nitrogens with zero attached hydrogens (tertiary/aromatic N) is 5. The second kappa shape index (κ2) is 21.9. The van der Waals surface area contributed by atoms with Crippen molar-refractivity contribution < 1.29 is 33.3 Å². The number of aryl methyl sites for hydroxylation is 1. The molecule has 1 aromatic heterocycles. The van der Waals surface area contributed by atoms with E-state index in [1.54, 1.807) is 6.92 Å². The molecule has 0 N–H and O–H groups in total. The molecule has 252 valence electrons.